The number of hydrogen-bond donors (Lipinski definition) is 1. The van der Waals surface area contributed by atoms with Crippen molar-refractivity contribution < 1.29 is 9.18 Å². The second-order valence-electron chi connectivity index (χ2n) is 7.47. The molecular formula is C20H27FN4O. The molecular weight excluding hydrogens is 331 g/mol. The van der Waals surface area contributed by atoms with Crippen LogP contribution in [0.3, 0.4) is 0 Å². The zero-order chi connectivity index (χ0) is 18.8. The first-order valence-corrected chi connectivity index (χ1v) is 9.26. The summed E-state index contributed by atoms with van der Waals surface area (Å²) in [5.74, 6) is 0.0714. The van der Waals surface area contributed by atoms with Crippen molar-refractivity contribution in [2.24, 2.45) is 5.92 Å². The van der Waals surface area contributed by atoms with Crippen LogP contribution < -0.4 is 5.32 Å². The van der Waals surface area contributed by atoms with Gasteiger partial charge in [-0.3, -0.25) is 0 Å². The van der Waals surface area contributed by atoms with E-state index in [0.29, 0.717) is 17.3 Å². The molecule has 1 N–H and O–H groups in total. The lowest BCUT2D eigenvalue weighted by atomic mass is 10.1. The zero-order valence-corrected chi connectivity index (χ0v) is 15.9. The van der Waals surface area contributed by atoms with Crippen molar-refractivity contribution in [3.05, 3.63) is 41.5 Å². The fourth-order valence-corrected chi connectivity index (χ4v) is 3.63. The Kier molecular flexibility index (Phi) is 5.30. The Morgan fingerprint density at radius 3 is 2.65 bits per heavy atom. The number of urea groups is 1. The number of benzene rings is 1. The third-order valence-corrected chi connectivity index (χ3v) is 5.06. The number of anilines is 1. The highest BCUT2D eigenvalue weighted by Gasteiger charge is 2.25. The minimum atomic E-state index is -0.411. The number of hydrogen-bond acceptors (Lipinski definition) is 2. The first-order chi connectivity index (χ1) is 12.3. The molecule has 1 aromatic heterocycles. The number of likely N-dealkylation sites (tertiary alicyclic amines) is 1. The lowest BCUT2D eigenvalue weighted by Gasteiger charge is -2.28. The summed E-state index contributed by atoms with van der Waals surface area (Å²) in [6.07, 6.45) is 3.28. The molecule has 0 bridgehead atoms. The van der Waals surface area contributed by atoms with Crippen molar-refractivity contribution >= 4 is 11.7 Å². The van der Waals surface area contributed by atoms with E-state index in [4.69, 9.17) is 0 Å². The topological polar surface area (TPSA) is 50.2 Å². The van der Waals surface area contributed by atoms with Crippen LogP contribution in [0.1, 0.15) is 44.5 Å². The van der Waals surface area contributed by atoms with E-state index >= 15 is 0 Å². The number of carbonyl (C=O) groups excluding carboxylic acids is 1. The van der Waals surface area contributed by atoms with Crippen LogP contribution in [0, 0.1) is 25.6 Å². The monoisotopic (exact) mass is 358 g/mol. The molecule has 2 aromatic rings. The Labute approximate surface area is 154 Å². The maximum absolute atomic E-state index is 14.6. The highest BCUT2D eigenvalue weighted by Crippen LogP contribution is 2.23. The fourth-order valence-electron chi connectivity index (χ4n) is 3.63. The number of nitrogens with one attached hydrogen (secondary N) is 1. The van der Waals surface area contributed by atoms with Crippen molar-refractivity contribution in [1.82, 2.24) is 14.7 Å². The van der Waals surface area contributed by atoms with E-state index in [0.717, 1.165) is 37.2 Å². The molecule has 1 saturated heterocycles. The maximum atomic E-state index is 14.6. The van der Waals surface area contributed by atoms with Crippen LogP contribution >= 0.6 is 0 Å². The van der Waals surface area contributed by atoms with Gasteiger partial charge in [-0.25, -0.2) is 13.9 Å². The molecule has 0 radical (unpaired) electrons. The summed E-state index contributed by atoms with van der Waals surface area (Å²) in [5.41, 5.74) is 2.54. The van der Waals surface area contributed by atoms with Crippen LogP contribution in [0.5, 0.6) is 0 Å². The van der Waals surface area contributed by atoms with Crippen LogP contribution in [0.25, 0.3) is 5.69 Å². The zero-order valence-electron chi connectivity index (χ0n) is 15.9. The third-order valence-electron chi connectivity index (χ3n) is 5.06. The summed E-state index contributed by atoms with van der Waals surface area (Å²) in [4.78, 5) is 14.5. The van der Waals surface area contributed by atoms with Crippen LogP contribution in [0.2, 0.25) is 0 Å². The van der Waals surface area contributed by atoms with Gasteiger partial charge in [0.25, 0.3) is 0 Å². The van der Waals surface area contributed by atoms with Gasteiger partial charge in [-0.2, -0.15) is 5.10 Å². The average molecular weight is 358 g/mol. The number of carbonyl (C=O) groups is 1. The van der Waals surface area contributed by atoms with Crippen LogP contribution in [-0.2, 0) is 0 Å². The molecule has 6 heteroatoms. The molecule has 0 saturated carbocycles. The molecule has 1 aliphatic rings. The van der Waals surface area contributed by atoms with E-state index in [9.17, 15) is 9.18 Å². The quantitative estimate of drug-likeness (QED) is 0.848. The van der Waals surface area contributed by atoms with Gasteiger partial charge in [-0.1, -0.05) is 13.3 Å². The van der Waals surface area contributed by atoms with E-state index in [-0.39, 0.29) is 12.1 Å². The van der Waals surface area contributed by atoms with Crippen molar-refractivity contribution in [2.45, 2.75) is 53.0 Å². The Balaban J connectivity index is 1.77. The van der Waals surface area contributed by atoms with Gasteiger partial charge in [0.05, 0.1) is 5.69 Å². The highest BCUT2D eigenvalue weighted by atomic mass is 19.1. The SMILES string of the molecule is Cc1cc(C)n(-c2ccc(NC(=O)N3C[C@@H](C)CCC[C@@H]3C)cc2F)n1. The molecule has 2 amide bonds. The van der Waals surface area contributed by atoms with Gasteiger partial charge >= 0.3 is 6.03 Å². The van der Waals surface area contributed by atoms with Crippen molar-refractivity contribution in [1.29, 1.82) is 0 Å². The summed E-state index contributed by atoms with van der Waals surface area (Å²) in [7, 11) is 0. The normalized spacial score (nSPS) is 20.7. The molecule has 2 heterocycles. The summed E-state index contributed by atoms with van der Waals surface area (Å²) in [5, 5.41) is 7.16. The van der Waals surface area contributed by atoms with Crippen molar-refractivity contribution in [3.63, 3.8) is 0 Å². The summed E-state index contributed by atoms with van der Waals surface area (Å²) in [6, 6.07) is 6.66. The standard InChI is InChI=1S/C20H27FN4O/c1-13-6-5-7-15(3)24(12-13)20(26)22-17-8-9-19(18(21)11-17)25-16(4)10-14(2)23-25/h8-11,13,15H,5-7,12H2,1-4H3,(H,22,26)/t13-,15-/m0/s1. The lowest BCUT2D eigenvalue weighted by molar-refractivity contribution is 0.187. The molecule has 1 fully saturated rings. The minimum Gasteiger partial charge on any atom is -0.322 e. The first-order valence-electron chi connectivity index (χ1n) is 9.26. The summed E-state index contributed by atoms with van der Waals surface area (Å²) in [6.45, 7) is 8.74. The Bertz CT molecular complexity index is 801. The fraction of sp³-hybridized carbons (Fsp3) is 0.500. The second kappa shape index (κ2) is 7.48. The van der Waals surface area contributed by atoms with Crippen molar-refractivity contribution in [2.75, 3.05) is 11.9 Å². The molecule has 1 aliphatic heterocycles. The van der Waals surface area contributed by atoms with Crippen LogP contribution in [-0.4, -0.2) is 33.3 Å². The van der Waals surface area contributed by atoms with Gasteiger partial charge in [0, 0.05) is 24.0 Å². The van der Waals surface area contributed by atoms with E-state index in [1.165, 1.54) is 6.07 Å². The molecule has 0 aliphatic carbocycles. The van der Waals surface area contributed by atoms with Crippen molar-refractivity contribution in [3.8, 4) is 5.69 Å². The van der Waals surface area contributed by atoms with Gasteiger partial charge in [0.2, 0.25) is 0 Å². The van der Waals surface area contributed by atoms with Gasteiger partial charge in [0.15, 0.2) is 5.82 Å². The average Bonchev–Trinajstić information content (AvgIpc) is 2.80. The number of halogens is 1. The molecule has 0 unspecified atom stereocenters. The predicted molar refractivity (Wildman–Crippen MR) is 101 cm³/mol. The summed E-state index contributed by atoms with van der Waals surface area (Å²) >= 11 is 0. The van der Waals surface area contributed by atoms with Gasteiger partial charge in [0.1, 0.15) is 5.69 Å². The Hall–Kier alpha value is -2.37. The minimum absolute atomic E-state index is 0.162. The predicted octanol–water partition coefficient (Wildman–Crippen LogP) is 4.67. The van der Waals surface area contributed by atoms with E-state index in [1.807, 2.05) is 24.8 Å². The first kappa shape index (κ1) is 18.4. The number of aryl methyl sites for hydroxylation is 2. The molecule has 140 valence electrons. The van der Waals surface area contributed by atoms with Gasteiger partial charge in [-0.05, 0) is 63.8 Å². The lowest BCUT2D eigenvalue weighted by Crippen LogP contribution is -2.42. The van der Waals surface area contributed by atoms with Crippen LogP contribution in [0.15, 0.2) is 24.3 Å². The smallest absolute Gasteiger partial charge is 0.322 e. The Morgan fingerprint density at radius 2 is 2.00 bits per heavy atom. The van der Waals surface area contributed by atoms with Gasteiger partial charge in [-0.15, -0.1) is 0 Å². The number of rotatable bonds is 2. The Morgan fingerprint density at radius 1 is 1.23 bits per heavy atom. The molecule has 5 nitrogen and oxygen atoms in total. The van der Waals surface area contributed by atoms with E-state index < -0.39 is 5.82 Å². The molecule has 26 heavy (non-hydrogen) atoms. The molecule has 2 atom stereocenters. The van der Waals surface area contributed by atoms with E-state index in [2.05, 4.69) is 24.3 Å². The van der Waals surface area contributed by atoms with Gasteiger partial charge < -0.3 is 10.2 Å². The third kappa shape index (κ3) is 3.89. The number of amides is 2. The van der Waals surface area contributed by atoms with Crippen LogP contribution in [0.4, 0.5) is 14.9 Å². The molecule has 3 rings (SSSR count). The largest absolute Gasteiger partial charge is 0.322 e. The number of nitrogens with zero attached hydrogens (tertiary/aromatic N) is 3. The van der Waals surface area contributed by atoms with E-state index in [1.54, 1.807) is 16.8 Å². The molecule has 1 aromatic carbocycles. The second-order valence-corrected chi connectivity index (χ2v) is 7.47. The molecule has 0 spiro atoms. The number of aromatic nitrogens is 2. The maximum Gasteiger partial charge on any atom is 0.322 e. The summed E-state index contributed by atoms with van der Waals surface area (Å²) < 4.78 is 16.2. The highest BCUT2D eigenvalue weighted by molar-refractivity contribution is 5.89.